The lowest BCUT2D eigenvalue weighted by Gasteiger charge is -2.05. The Morgan fingerprint density at radius 2 is 1.93 bits per heavy atom. The van der Waals surface area contributed by atoms with Crippen molar-refractivity contribution in [3.05, 3.63) is 32.8 Å². The number of hydrogen-bond acceptors (Lipinski definition) is 2. The van der Waals surface area contributed by atoms with Crippen LogP contribution in [0.3, 0.4) is 0 Å². The summed E-state index contributed by atoms with van der Waals surface area (Å²) in [6.45, 7) is 1.90. The SMILES string of the molecule is Cc1ccc2c(Br)cc(Br)c(O)c2n1. The number of aromatic hydroxyl groups is 1. The summed E-state index contributed by atoms with van der Waals surface area (Å²) in [4.78, 5) is 4.29. The molecule has 0 bridgehead atoms. The average molecular weight is 317 g/mol. The Labute approximate surface area is 98.2 Å². The first-order chi connectivity index (χ1) is 6.59. The van der Waals surface area contributed by atoms with Gasteiger partial charge >= 0.3 is 0 Å². The van der Waals surface area contributed by atoms with E-state index in [1.54, 1.807) is 0 Å². The molecule has 0 atom stereocenters. The van der Waals surface area contributed by atoms with Crippen molar-refractivity contribution in [3.63, 3.8) is 0 Å². The molecule has 0 radical (unpaired) electrons. The van der Waals surface area contributed by atoms with Gasteiger partial charge in [-0.25, -0.2) is 4.98 Å². The van der Waals surface area contributed by atoms with Gasteiger partial charge in [0, 0.05) is 15.6 Å². The maximum Gasteiger partial charge on any atom is 0.156 e. The minimum atomic E-state index is 0.187. The number of phenolic OH excluding ortho intramolecular Hbond substituents is 1. The van der Waals surface area contributed by atoms with Gasteiger partial charge in [-0.05, 0) is 41.1 Å². The Balaban J connectivity index is 2.95. The van der Waals surface area contributed by atoms with Crippen LogP contribution >= 0.6 is 31.9 Å². The van der Waals surface area contributed by atoms with Crippen molar-refractivity contribution in [3.8, 4) is 5.75 Å². The van der Waals surface area contributed by atoms with Gasteiger partial charge < -0.3 is 5.11 Å². The Morgan fingerprint density at radius 3 is 2.64 bits per heavy atom. The molecule has 0 aliphatic heterocycles. The number of aromatic nitrogens is 1. The normalized spacial score (nSPS) is 10.8. The molecule has 0 amide bonds. The van der Waals surface area contributed by atoms with Crippen molar-refractivity contribution in [2.75, 3.05) is 0 Å². The Bertz CT molecular complexity index is 511. The van der Waals surface area contributed by atoms with Crippen molar-refractivity contribution in [2.45, 2.75) is 6.92 Å². The predicted molar refractivity (Wildman–Crippen MR) is 63.5 cm³/mol. The number of phenols is 1. The highest BCUT2D eigenvalue weighted by molar-refractivity contribution is 9.11. The predicted octanol–water partition coefficient (Wildman–Crippen LogP) is 3.77. The second-order valence-corrected chi connectivity index (χ2v) is 4.75. The molecule has 2 nitrogen and oxygen atoms in total. The van der Waals surface area contributed by atoms with E-state index in [2.05, 4.69) is 36.8 Å². The number of halogens is 2. The fraction of sp³-hybridized carbons (Fsp3) is 0.100. The Morgan fingerprint density at radius 1 is 1.21 bits per heavy atom. The minimum absolute atomic E-state index is 0.187. The van der Waals surface area contributed by atoms with Crippen LogP contribution in [0.1, 0.15) is 5.69 Å². The number of fused-ring (bicyclic) bond motifs is 1. The van der Waals surface area contributed by atoms with Crippen molar-refractivity contribution in [1.29, 1.82) is 0 Å². The van der Waals surface area contributed by atoms with Gasteiger partial charge in [0.2, 0.25) is 0 Å². The van der Waals surface area contributed by atoms with Crippen molar-refractivity contribution < 1.29 is 5.11 Å². The van der Waals surface area contributed by atoms with Crippen LogP contribution in [0.4, 0.5) is 0 Å². The Hall–Kier alpha value is -0.610. The molecule has 0 aliphatic carbocycles. The first-order valence-electron chi connectivity index (χ1n) is 4.04. The standard InChI is InChI=1S/C10H7Br2NO/c1-5-2-3-6-7(11)4-8(12)10(14)9(6)13-5/h2-4,14H,1H3. The van der Waals surface area contributed by atoms with Crippen LogP contribution in [0, 0.1) is 6.92 Å². The second-order valence-electron chi connectivity index (χ2n) is 3.04. The molecular formula is C10H7Br2NO. The lowest BCUT2D eigenvalue weighted by molar-refractivity contribution is 0.477. The molecule has 0 fully saturated rings. The minimum Gasteiger partial charge on any atom is -0.505 e. The fourth-order valence-corrected chi connectivity index (χ4v) is 2.57. The van der Waals surface area contributed by atoms with Gasteiger partial charge in [0.05, 0.1) is 4.47 Å². The topological polar surface area (TPSA) is 33.1 Å². The molecule has 1 aromatic carbocycles. The number of hydrogen-bond donors (Lipinski definition) is 1. The summed E-state index contributed by atoms with van der Waals surface area (Å²) in [6.07, 6.45) is 0. The monoisotopic (exact) mass is 315 g/mol. The van der Waals surface area contributed by atoms with Gasteiger partial charge in [-0.3, -0.25) is 0 Å². The van der Waals surface area contributed by atoms with E-state index in [1.165, 1.54) is 0 Å². The summed E-state index contributed by atoms with van der Waals surface area (Å²) in [5, 5.41) is 10.7. The molecule has 0 spiro atoms. The van der Waals surface area contributed by atoms with E-state index < -0.39 is 0 Å². The summed E-state index contributed by atoms with van der Waals surface area (Å²) in [5.41, 5.74) is 1.50. The van der Waals surface area contributed by atoms with Crippen molar-refractivity contribution in [1.82, 2.24) is 4.98 Å². The molecule has 0 saturated heterocycles. The summed E-state index contributed by atoms with van der Waals surface area (Å²) in [6, 6.07) is 5.67. The molecule has 1 N–H and O–H groups in total. The zero-order valence-corrected chi connectivity index (χ0v) is 10.6. The van der Waals surface area contributed by atoms with E-state index in [9.17, 15) is 5.11 Å². The van der Waals surface area contributed by atoms with Gasteiger partial charge in [-0.2, -0.15) is 0 Å². The molecule has 0 saturated carbocycles. The number of benzene rings is 1. The molecule has 2 aromatic rings. The number of aryl methyl sites for hydroxylation is 1. The molecule has 14 heavy (non-hydrogen) atoms. The van der Waals surface area contributed by atoms with Gasteiger partial charge in [-0.15, -0.1) is 0 Å². The molecule has 1 aromatic heterocycles. The van der Waals surface area contributed by atoms with E-state index >= 15 is 0 Å². The molecule has 0 unspecified atom stereocenters. The average Bonchev–Trinajstić information content (AvgIpc) is 2.14. The fourth-order valence-electron chi connectivity index (χ4n) is 1.30. The van der Waals surface area contributed by atoms with Gasteiger partial charge in [0.25, 0.3) is 0 Å². The maximum atomic E-state index is 9.78. The van der Waals surface area contributed by atoms with Crippen LogP contribution in [0.2, 0.25) is 0 Å². The lowest BCUT2D eigenvalue weighted by Crippen LogP contribution is -1.85. The van der Waals surface area contributed by atoms with Crippen LogP contribution < -0.4 is 0 Å². The van der Waals surface area contributed by atoms with Crippen LogP contribution in [-0.4, -0.2) is 10.1 Å². The van der Waals surface area contributed by atoms with Crippen LogP contribution in [0.5, 0.6) is 5.75 Å². The quantitative estimate of drug-likeness (QED) is 0.802. The van der Waals surface area contributed by atoms with E-state index in [0.29, 0.717) is 9.99 Å². The third kappa shape index (κ3) is 1.53. The second kappa shape index (κ2) is 3.51. The summed E-state index contributed by atoms with van der Waals surface area (Å²) >= 11 is 6.70. The largest absolute Gasteiger partial charge is 0.505 e. The number of nitrogens with zero attached hydrogens (tertiary/aromatic N) is 1. The van der Waals surface area contributed by atoms with E-state index in [1.807, 2.05) is 25.1 Å². The van der Waals surface area contributed by atoms with E-state index in [0.717, 1.165) is 15.6 Å². The highest BCUT2D eigenvalue weighted by Crippen LogP contribution is 2.36. The molecular weight excluding hydrogens is 310 g/mol. The first kappa shape index (κ1) is 9.93. The number of rotatable bonds is 0. The first-order valence-corrected chi connectivity index (χ1v) is 5.62. The lowest BCUT2D eigenvalue weighted by atomic mass is 10.2. The third-order valence-corrected chi connectivity index (χ3v) is 3.26. The van der Waals surface area contributed by atoms with Crippen LogP contribution in [0.25, 0.3) is 10.9 Å². The molecule has 0 aliphatic rings. The number of pyridine rings is 1. The van der Waals surface area contributed by atoms with Crippen LogP contribution in [-0.2, 0) is 0 Å². The zero-order valence-electron chi connectivity index (χ0n) is 7.38. The summed E-state index contributed by atoms with van der Waals surface area (Å²) < 4.78 is 1.57. The summed E-state index contributed by atoms with van der Waals surface area (Å²) in [7, 11) is 0. The molecule has 72 valence electrons. The van der Waals surface area contributed by atoms with Crippen molar-refractivity contribution in [2.24, 2.45) is 0 Å². The van der Waals surface area contributed by atoms with Crippen LogP contribution in [0.15, 0.2) is 27.1 Å². The smallest absolute Gasteiger partial charge is 0.156 e. The van der Waals surface area contributed by atoms with E-state index in [4.69, 9.17) is 0 Å². The third-order valence-electron chi connectivity index (χ3n) is 2.00. The molecule has 2 rings (SSSR count). The zero-order chi connectivity index (χ0) is 10.3. The highest BCUT2D eigenvalue weighted by Gasteiger charge is 2.09. The van der Waals surface area contributed by atoms with Crippen molar-refractivity contribution >= 4 is 42.8 Å². The molecule has 1 heterocycles. The Kier molecular flexibility index (Phi) is 2.49. The van der Waals surface area contributed by atoms with E-state index in [-0.39, 0.29) is 5.75 Å². The maximum absolute atomic E-state index is 9.78. The highest BCUT2D eigenvalue weighted by atomic mass is 79.9. The van der Waals surface area contributed by atoms with Gasteiger partial charge in [-0.1, -0.05) is 15.9 Å². The summed E-state index contributed by atoms with van der Waals surface area (Å²) in [5.74, 6) is 0.187. The molecule has 4 heteroatoms. The van der Waals surface area contributed by atoms with Gasteiger partial charge in [0.15, 0.2) is 5.75 Å². The van der Waals surface area contributed by atoms with Gasteiger partial charge in [0.1, 0.15) is 5.52 Å².